The molecule has 3 rings (SSSR count). The number of nitrogens with zero attached hydrogens (tertiary/aromatic N) is 1. The molecule has 2 aromatic carbocycles. The summed E-state index contributed by atoms with van der Waals surface area (Å²) in [5.74, 6) is 0.307. The van der Waals surface area contributed by atoms with Crippen LogP contribution in [-0.4, -0.2) is 24.5 Å². The van der Waals surface area contributed by atoms with E-state index in [9.17, 15) is 9.59 Å². The van der Waals surface area contributed by atoms with Crippen LogP contribution in [0.5, 0.6) is 5.75 Å². The number of carbonyl (C=O) groups excluding carboxylic acids is 2. The number of hydrogen-bond acceptors (Lipinski definition) is 3. The van der Waals surface area contributed by atoms with Crippen LogP contribution in [0.2, 0.25) is 0 Å². The fourth-order valence-corrected chi connectivity index (χ4v) is 2.94. The largest absolute Gasteiger partial charge is 0.479 e. The van der Waals surface area contributed by atoms with Crippen molar-refractivity contribution in [2.75, 3.05) is 16.8 Å². The fourth-order valence-electron chi connectivity index (χ4n) is 2.94. The molecule has 5 heteroatoms. The zero-order valence-electron chi connectivity index (χ0n) is 15.2. The first kappa shape index (κ1) is 17.7. The number of hydrogen-bond donors (Lipinski definition) is 1. The van der Waals surface area contributed by atoms with Gasteiger partial charge in [0.05, 0.1) is 5.69 Å². The molecule has 134 valence electrons. The summed E-state index contributed by atoms with van der Waals surface area (Å²) in [6.07, 6.45) is -0.547. The maximum Gasteiger partial charge on any atom is 0.268 e. The minimum atomic E-state index is -0.547. The molecule has 1 aliphatic heterocycles. The smallest absolute Gasteiger partial charge is 0.268 e. The second kappa shape index (κ2) is 7.04. The molecule has 0 spiro atoms. The van der Waals surface area contributed by atoms with Crippen LogP contribution in [0.3, 0.4) is 0 Å². The van der Waals surface area contributed by atoms with E-state index in [1.165, 1.54) is 0 Å². The minimum Gasteiger partial charge on any atom is -0.479 e. The van der Waals surface area contributed by atoms with E-state index in [1.54, 1.807) is 36.1 Å². The zero-order chi connectivity index (χ0) is 18.8. The number of nitrogens with one attached hydrogen (secondary N) is 1. The molecule has 0 aromatic heterocycles. The molecule has 1 aliphatic rings. The molecule has 1 unspecified atom stereocenters. The Kier molecular flexibility index (Phi) is 4.80. The Labute approximate surface area is 153 Å². The van der Waals surface area contributed by atoms with Crippen LogP contribution < -0.4 is 15.0 Å². The molecule has 0 bridgehead atoms. The summed E-state index contributed by atoms with van der Waals surface area (Å²) in [4.78, 5) is 26.7. The first-order valence-corrected chi connectivity index (χ1v) is 8.50. The molecule has 2 aromatic rings. The highest BCUT2D eigenvalue weighted by Crippen LogP contribution is 2.36. The van der Waals surface area contributed by atoms with Crippen LogP contribution in [0.15, 0.2) is 54.6 Å². The van der Waals surface area contributed by atoms with E-state index < -0.39 is 6.10 Å². The fraction of sp³-hybridized carbons (Fsp3) is 0.238. The Bertz CT molecular complexity index is 889. The van der Waals surface area contributed by atoms with Crippen molar-refractivity contribution in [3.63, 3.8) is 0 Å². The van der Waals surface area contributed by atoms with E-state index in [0.717, 1.165) is 11.1 Å². The molecule has 5 nitrogen and oxygen atoms in total. The maximum atomic E-state index is 12.5. The molecular formula is C21H22N2O3. The SMILES string of the molecule is C=C(C)CN1C(=O)C(C)Oc2ccc(NC(=O)c3ccccc3C)cc21. The summed E-state index contributed by atoms with van der Waals surface area (Å²) in [7, 11) is 0. The van der Waals surface area contributed by atoms with E-state index in [0.29, 0.717) is 29.2 Å². The highest BCUT2D eigenvalue weighted by molar-refractivity contribution is 6.06. The average molecular weight is 350 g/mol. The molecule has 0 saturated heterocycles. The number of fused-ring (bicyclic) bond motifs is 1. The third-order valence-electron chi connectivity index (χ3n) is 4.24. The second-order valence-corrected chi connectivity index (χ2v) is 6.59. The van der Waals surface area contributed by atoms with Crippen molar-refractivity contribution in [1.82, 2.24) is 0 Å². The van der Waals surface area contributed by atoms with Gasteiger partial charge in [0.25, 0.3) is 11.8 Å². The predicted octanol–water partition coefficient (Wildman–Crippen LogP) is 3.94. The van der Waals surface area contributed by atoms with Gasteiger partial charge in [-0.2, -0.15) is 0 Å². The normalized spacial score (nSPS) is 15.9. The summed E-state index contributed by atoms with van der Waals surface area (Å²) in [5, 5.41) is 2.89. The van der Waals surface area contributed by atoms with E-state index in [4.69, 9.17) is 4.74 Å². The van der Waals surface area contributed by atoms with Gasteiger partial charge in [-0.15, -0.1) is 0 Å². The van der Waals surface area contributed by atoms with Crippen molar-refractivity contribution in [2.45, 2.75) is 26.9 Å². The van der Waals surface area contributed by atoms with Gasteiger partial charge in [0, 0.05) is 17.8 Å². The Morgan fingerprint density at radius 2 is 2.00 bits per heavy atom. The van der Waals surface area contributed by atoms with Crippen molar-refractivity contribution in [3.8, 4) is 5.75 Å². The lowest BCUT2D eigenvalue weighted by Crippen LogP contribution is -2.45. The van der Waals surface area contributed by atoms with Crippen LogP contribution in [0.1, 0.15) is 29.8 Å². The maximum absolute atomic E-state index is 12.5. The standard InChI is InChI=1S/C21H22N2O3/c1-13(2)12-23-18-11-16(9-10-19(18)26-15(4)21(23)25)22-20(24)17-8-6-5-7-14(17)3/h5-11,15H,1,12H2,2-4H3,(H,22,24). The summed E-state index contributed by atoms with van der Waals surface area (Å²) in [5.41, 5.74) is 3.63. The van der Waals surface area contributed by atoms with E-state index in [-0.39, 0.29) is 11.8 Å². The topological polar surface area (TPSA) is 58.6 Å². The van der Waals surface area contributed by atoms with Gasteiger partial charge in [-0.05, 0) is 50.6 Å². The van der Waals surface area contributed by atoms with Crippen molar-refractivity contribution in [3.05, 3.63) is 65.7 Å². The van der Waals surface area contributed by atoms with Gasteiger partial charge < -0.3 is 15.0 Å². The van der Waals surface area contributed by atoms with Gasteiger partial charge in [0.2, 0.25) is 0 Å². The van der Waals surface area contributed by atoms with Gasteiger partial charge in [0.1, 0.15) is 5.75 Å². The van der Waals surface area contributed by atoms with Gasteiger partial charge in [0.15, 0.2) is 6.10 Å². The van der Waals surface area contributed by atoms with Crippen LogP contribution in [0, 0.1) is 6.92 Å². The first-order chi connectivity index (χ1) is 12.4. The van der Waals surface area contributed by atoms with Gasteiger partial charge in [-0.25, -0.2) is 0 Å². The summed E-state index contributed by atoms with van der Waals surface area (Å²) in [6, 6.07) is 12.7. The van der Waals surface area contributed by atoms with Crippen LogP contribution >= 0.6 is 0 Å². The van der Waals surface area contributed by atoms with E-state index in [1.807, 2.05) is 32.0 Å². The van der Waals surface area contributed by atoms with Crippen LogP contribution in [-0.2, 0) is 4.79 Å². The Morgan fingerprint density at radius 3 is 2.69 bits per heavy atom. The molecule has 2 amide bonds. The van der Waals surface area contributed by atoms with E-state index >= 15 is 0 Å². The Balaban J connectivity index is 1.91. The van der Waals surface area contributed by atoms with Gasteiger partial charge in [-0.1, -0.05) is 30.4 Å². The molecule has 1 heterocycles. The van der Waals surface area contributed by atoms with Crippen molar-refractivity contribution in [2.24, 2.45) is 0 Å². The van der Waals surface area contributed by atoms with Crippen molar-refractivity contribution >= 4 is 23.2 Å². The molecule has 0 fully saturated rings. The highest BCUT2D eigenvalue weighted by Gasteiger charge is 2.31. The number of aryl methyl sites for hydroxylation is 1. The third kappa shape index (κ3) is 3.47. The van der Waals surface area contributed by atoms with Crippen LogP contribution in [0.4, 0.5) is 11.4 Å². The number of carbonyl (C=O) groups is 2. The molecule has 0 aliphatic carbocycles. The monoisotopic (exact) mass is 350 g/mol. The lowest BCUT2D eigenvalue weighted by Gasteiger charge is -2.33. The summed E-state index contributed by atoms with van der Waals surface area (Å²) in [6.45, 7) is 9.80. The number of benzene rings is 2. The van der Waals surface area contributed by atoms with Crippen molar-refractivity contribution in [1.29, 1.82) is 0 Å². The van der Waals surface area contributed by atoms with Gasteiger partial charge >= 0.3 is 0 Å². The lowest BCUT2D eigenvalue weighted by molar-refractivity contribution is -0.125. The quantitative estimate of drug-likeness (QED) is 0.850. The summed E-state index contributed by atoms with van der Waals surface area (Å²) >= 11 is 0. The third-order valence-corrected chi connectivity index (χ3v) is 4.24. The molecule has 1 N–H and O–H groups in total. The number of rotatable bonds is 4. The van der Waals surface area contributed by atoms with E-state index in [2.05, 4.69) is 11.9 Å². The van der Waals surface area contributed by atoms with Crippen molar-refractivity contribution < 1.29 is 14.3 Å². The summed E-state index contributed by atoms with van der Waals surface area (Å²) < 4.78 is 5.69. The molecule has 26 heavy (non-hydrogen) atoms. The van der Waals surface area contributed by atoms with Gasteiger partial charge in [-0.3, -0.25) is 9.59 Å². The highest BCUT2D eigenvalue weighted by atomic mass is 16.5. The first-order valence-electron chi connectivity index (χ1n) is 8.50. The average Bonchev–Trinajstić information content (AvgIpc) is 2.59. The molecule has 0 saturated carbocycles. The molecule has 1 atom stereocenters. The molecular weight excluding hydrogens is 328 g/mol. The predicted molar refractivity (Wildman–Crippen MR) is 103 cm³/mol. The Morgan fingerprint density at radius 1 is 1.27 bits per heavy atom. The zero-order valence-corrected chi connectivity index (χ0v) is 15.2. The lowest BCUT2D eigenvalue weighted by atomic mass is 10.1. The molecule has 0 radical (unpaired) electrons. The Hall–Kier alpha value is -3.08. The number of ether oxygens (including phenoxy) is 1. The number of amides is 2. The van der Waals surface area contributed by atoms with Crippen LogP contribution in [0.25, 0.3) is 0 Å². The second-order valence-electron chi connectivity index (χ2n) is 6.59. The number of anilines is 2. The minimum absolute atomic E-state index is 0.122.